The summed E-state index contributed by atoms with van der Waals surface area (Å²) in [7, 11) is 2.30. The van der Waals surface area contributed by atoms with E-state index >= 15 is 0 Å². The number of piperidine rings is 1. The zero-order chi connectivity index (χ0) is 13.9. The molecule has 3 aliphatic rings. The third kappa shape index (κ3) is 1.37. The van der Waals surface area contributed by atoms with E-state index in [1.54, 1.807) is 16.7 Å². The lowest BCUT2D eigenvalue weighted by Gasteiger charge is -2.57. The SMILES string of the molecule is Cc1cccc2c1[C@@]13CC=CC=C1[C@@H](C2)N(C)CC3C. The van der Waals surface area contributed by atoms with Crippen molar-refractivity contribution in [2.24, 2.45) is 5.92 Å². The second-order valence-corrected chi connectivity index (χ2v) is 6.90. The first kappa shape index (κ1) is 12.4. The summed E-state index contributed by atoms with van der Waals surface area (Å²) in [6, 6.07) is 7.50. The van der Waals surface area contributed by atoms with Crippen LogP contribution in [0.15, 0.2) is 42.0 Å². The average molecular weight is 265 g/mol. The molecule has 1 aromatic carbocycles. The minimum absolute atomic E-state index is 0.269. The number of hydrogen-bond donors (Lipinski definition) is 0. The van der Waals surface area contributed by atoms with Gasteiger partial charge in [0.15, 0.2) is 0 Å². The van der Waals surface area contributed by atoms with Crippen LogP contribution in [-0.4, -0.2) is 24.5 Å². The molecule has 0 N–H and O–H groups in total. The number of rotatable bonds is 0. The third-order valence-electron chi connectivity index (χ3n) is 5.88. The van der Waals surface area contributed by atoms with Gasteiger partial charge < -0.3 is 0 Å². The van der Waals surface area contributed by atoms with Gasteiger partial charge in [0, 0.05) is 18.0 Å². The van der Waals surface area contributed by atoms with Gasteiger partial charge in [-0.3, -0.25) is 4.90 Å². The molecule has 104 valence electrons. The van der Waals surface area contributed by atoms with E-state index in [0.29, 0.717) is 12.0 Å². The Morgan fingerprint density at radius 1 is 1.30 bits per heavy atom. The molecule has 0 radical (unpaired) electrons. The van der Waals surface area contributed by atoms with Crippen LogP contribution in [0.4, 0.5) is 0 Å². The normalized spacial score (nSPS) is 35.2. The molecule has 1 aromatic rings. The van der Waals surface area contributed by atoms with Crippen molar-refractivity contribution < 1.29 is 0 Å². The molecule has 20 heavy (non-hydrogen) atoms. The van der Waals surface area contributed by atoms with Crippen LogP contribution in [-0.2, 0) is 11.8 Å². The predicted molar refractivity (Wildman–Crippen MR) is 84.0 cm³/mol. The first-order valence-electron chi connectivity index (χ1n) is 7.81. The second-order valence-electron chi connectivity index (χ2n) is 6.90. The summed E-state index contributed by atoms with van der Waals surface area (Å²) in [5.74, 6) is 0.681. The van der Waals surface area contributed by atoms with Gasteiger partial charge in [-0.25, -0.2) is 0 Å². The first-order chi connectivity index (χ1) is 9.64. The monoisotopic (exact) mass is 265 g/mol. The van der Waals surface area contributed by atoms with Crippen LogP contribution >= 0.6 is 0 Å². The number of benzene rings is 1. The summed E-state index contributed by atoms with van der Waals surface area (Å²) in [4.78, 5) is 2.57. The molecule has 1 unspecified atom stereocenters. The van der Waals surface area contributed by atoms with E-state index in [4.69, 9.17) is 0 Å². The molecule has 1 saturated heterocycles. The summed E-state index contributed by atoms with van der Waals surface area (Å²) < 4.78 is 0. The lowest BCUT2D eigenvalue weighted by Crippen LogP contribution is -2.58. The van der Waals surface area contributed by atoms with E-state index < -0.39 is 0 Å². The molecule has 4 rings (SSSR count). The molecule has 1 heteroatoms. The highest BCUT2D eigenvalue weighted by Gasteiger charge is 2.52. The Morgan fingerprint density at radius 3 is 3.00 bits per heavy atom. The van der Waals surface area contributed by atoms with Crippen LogP contribution in [0.3, 0.4) is 0 Å². The molecule has 3 atom stereocenters. The highest BCUT2D eigenvalue weighted by molar-refractivity contribution is 5.56. The van der Waals surface area contributed by atoms with Crippen LogP contribution < -0.4 is 0 Å². The van der Waals surface area contributed by atoms with Crippen LogP contribution in [0, 0.1) is 12.8 Å². The molecule has 0 aromatic heterocycles. The number of likely N-dealkylation sites (N-methyl/N-ethyl adjacent to an activating group) is 1. The molecule has 2 bridgehead atoms. The summed E-state index contributed by atoms with van der Waals surface area (Å²) in [6.45, 7) is 5.96. The van der Waals surface area contributed by atoms with Gasteiger partial charge in [-0.05, 0) is 55.0 Å². The summed E-state index contributed by atoms with van der Waals surface area (Å²) in [5.41, 5.74) is 6.65. The fourth-order valence-corrected chi connectivity index (χ4v) is 5.04. The maximum absolute atomic E-state index is 2.57. The third-order valence-corrected chi connectivity index (χ3v) is 5.88. The van der Waals surface area contributed by atoms with Crippen molar-refractivity contribution in [3.8, 4) is 0 Å². The van der Waals surface area contributed by atoms with Crippen molar-refractivity contribution in [1.82, 2.24) is 4.90 Å². The summed E-state index contributed by atoms with van der Waals surface area (Å²) in [6.07, 6.45) is 9.43. The first-order valence-corrected chi connectivity index (χ1v) is 7.81. The minimum Gasteiger partial charge on any atom is -0.299 e. The Balaban J connectivity index is 2.05. The quantitative estimate of drug-likeness (QED) is 0.692. The van der Waals surface area contributed by atoms with Crippen LogP contribution in [0.1, 0.15) is 30.0 Å². The fraction of sp³-hybridized carbons (Fsp3) is 0.474. The van der Waals surface area contributed by atoms with Crippen molar-refractivity contribution in [2.75, 3.05) is 13.6 Å². The van der Waals surface area contributed by atoms with E-state index in [0.717, 1.165) is 0 Å². The number of aryl methyl sites for hydroxylation is 1. The number of allylic oxidation sites excluding steroid dienone is 3. The predicted octanol–water partition coefficient (Wildman–Crippen LogP) is 3.63. The zero-order valence-electron chi connectivity index (χ0n) is 12.7. The van der Waals surface area contributed by atoms with Gasteiger partial charge in [0.1, 0.15) is 0 Å². The van der Waals surface area contributed by atoms with Gasteiger partial charge in [-0.15, -0.1) is 0 Å². The molecular weight excluding hydrogens is 242 g/mol. The number of nitrogens with zero attached hydrogens (tertiary/aromatic N) is 1. The number of hydrogen-bond acceptors (Lipinski definition) is 1. The van der Waals surface area contributed by atoms with Crippen LogP contribution in [0.25, 0.3) is 0 Å². The Hall–Kier alpha value is -1.34. The highest BCUT2D eigenvalue weighted by atomic mass is 15.2. The van der Waals surface area contributed by atoms with E-state index in [1.807, 2.05) is 0 Å². The number of fused-ring (bicyclic) bond motifs is 1. The largest absolute Gasteiger partial charge is 0.299 e. The standard InChI is InChI=1S/C19H23N/c1-13-7-6-8-15-11-17-16-9-4-5-10-19(16,18(13)15)14(2)12-20(17)3/h4-9,14,17H,10-12H2,1-3H3/t14?,17-,19-/m1/s1. The van der Waals surface area contributed by atoms with Crippen LogP contribution in [0.5, 0.6) is 0 Å². The van der Waals surface area contributed by atoms with E-state index in [9.17, 15) is 0 Å². The summed E-state index contributed by atoms with van der Waals surface area (Å²) >= 11 is 0. The van der Waals surface area contributed by atoms with Crippen molar-refractivity contribution in [3.05, 3.63) is 58.7 Å². The molecule has 1 heterocycles. The van der Waals surface area contributed by atoms with Crippen molar-refractivity contribution in [2.45, 2.75) is 38.1 Å². The molecule has 0 amide bonds. The number of likely N-dealkylation sites (tertiary alicyclic amines) is 1. The minimum atomic E-state index is 0.269. The molecular formula is C19H23N. The molecule has 1 fully saturated rings. The van der Waals surface area contributed by atoms with Crippen molar-refractivity contribution in [1.29, 1.82) is 0 Å². The molecule has 2 aliphatic carbocycles. The molecule has 0 saturated carbocycles. The highest BCUT2D eigenvalue weighted by Crippen LogP contribution is 2.55. The zero-order valence-corrected chi connectivity index (χ0v) is 12.7. The molecule has 1 aliphatic heterocycles. The summed E-state index contributed by atoms with van der Waals surface area (Å²) in [5, 5.41) is 0. The van der Waals surface area contributed by atoms with Crippen LogP contribution in [0.2, 0.25) is 0 Å². The van der Waals surface area contributed by atoms with Crippen molar-refractivity contribution >= 4 is 0 Å². The van der Waals surface area contributed by atoms with Gasteiger partial charge in [-0.2, -0.15) is 0 Å². The van der Waals surface area contributed by atoms with Crippen molar-refractivity contribution in [3.63, 3.8) is 0 Å². The molecule has 0 spiro atoms. The van der Waals surface area contributed by atoms with Gasteiger partial charge in [0.2, 0.25) is 0 Å². The van der Waals surface area contributed by atoms with Gasteiger partial charge in [-0.1, -0.05) is 43.4 Å². The fourth-order valence-electron chi connectivity index (χ4n) is 5.04. The maximum atomic E-state index is 2.57. The Morgan fingerprint density at radius 2 is 2.15 bits per heavy atom. The second kappa shape index (κ2) is 4.08. The van der Waals surface area contributed by atoms with E-state index in [2.05, 4.69) is 62.2 Å². The Kier molecular flexibility index (Phi) is 2.53. The molecule has 1 nitrogen and oxygen atoms in total. The average Bonchev–Trinajstić information content (AvgIpc) is 2.44. The van der Waals surface area contributed by atoms with E-state index in [-0.39, 0.29) is 5.41 Å². The van der Waals surface area contributed by atoms with Gasteiger partial charge >= 0.3 is 0 Å². The lowest BCUT2D eigenvalue weighted by molar-refractivity contribution is 0.113. The lowest BCUT2D eigenvalue weighted by atomic mass is 9.53. The Bertz CT molecular complexity index is 625. The van der Waals surface area contributed by atoms with Gasteiger partial charge in [0.25, 0.3) is 0 Å². The maximum Gasteiger partial charge on any atom is 0.0357 e. The van der Waals surface area contributed by atoms with Gasteiger partial charge in [0.05, 0.1) is 0 Å². The Labute approximate surface area is 122 Å². The smallest absolute Gasteiger partial charge is 0.0357 e. The van der Waals surface area contributed by atoms with E-state index in [1.165, 1.54) is 24.9 Å². The topological polar surface area (TPSA) is 3.24 Å².